The lowest BCUT2D eigenvalue weighted by atomic mass is 10.2. The Balaban J connectivity index is 2.62. The number of hydrogen-bond donors (Lipinski definition) is 1. The molecule has 1 aromatic carbocycles. The molecule has 0 aliphatic heterocycles. The average Bonchev–Trinajstić information content (AvgIpc) is 2.43. The van der Waals surface area contributed by atoms with E-state index in [2.05, 4.69) is 10.2 Å². The van der Waals surface area contributed by atoms with Crippen molar-refractivity contribution in [1.29, 1.82) is 0 Å². The van der Waals surface area contributed by atoms with E-state index in [4.69, 9.17) is 9.47 Å². The predicted octanol–water partition coefficient (Wildman–Crippen LogP) is 0.782. The first kappa shape index (κ1) is 17.5. The summed E-state index contributed by atoms with van der Waals surface area (Å²) in [5.41, 5.74) is 0.517. The van der Waals surface area contributed by atoms with Crippen molar-refractivity contribution in [3.63, 3.8) is 0 Å². The van der Waals surface area contributed by atoms with Crippen LogP contribution in [0.3, 0.4) is 0 Å². The fourth-order valence-corrected chi connectivity index (χ4v) is 1.61. The lowest BCUT2D eigenvalue weighted by molar-refractivity contribution is -0.757. The van der Waals surface area contributed by atoms with Gasteiger partial charge < -0.3 is 24.5 Å². The van der Waals surface area contributed by atoms with E-state index >= 15 is 0 Å². The topological polar surface area (TPSA) is 103 Å². The standard InChI is InChI=1S/C13H19N3O6/c1-15(2)9-13(17)14-11-5-4-10(8-12(11)20-3)21-6-7-22-16(18)19/h4-5,8H,6-7,9H2,1-3H3,(H,14,17). The molecule has 1 N–H and O–H groups in total. The van der Waals surface area contributed by atoms with Crippen molar-refractivity contribution in [1.82, 2.24) is 4.90 Å². The van der Waals surface area contributed by atoms with Crippen LogP contribution in [-0.4, -0.2) is 56.9 Å². The second kappa shape index (κ2) is 8.67. The summed E-state index contributed by atoms with van der Waals surface area (Å²) in [6.45, 7) is 0.104. The molecular weight excluding hydrogens is 294 g/mol. The molecule has 0 heterocycles. The van der Waals surface area contributed by atoms with Crippen LogP contribution >= 0.6 is 0 Å². The fraction of sp³-hybridized carbons (Fsp3) is 0.462. The molecule has 22 heavy (non-hydrogen) atoms. The zero-order chi connectivity index (χ0) is 16.5. The quantitative estimate of drug-likeness (QED) is 0.408. The number of benzene rings is 1. The number of nitrogens with one attached hydrogen (secondary N) is 1. The van der Waals surface area contributed by atoms with Gasteiger partial charge in [-0.15, -0.1) is 10.1 Å². The first-order chi connectivity index (χ1) is 10.4. The number of carbonyl (C=O) groups is 1. The van der Waals surface area contributed by atoms with E-state index in [-0.39, 0.29) is 25.7 Å². The van der Waals surface area contributed by atoms with Gasteiger partial charge in [-0.05, 0) is 26.2 Å². The average molecular weight is 313 g/mol. The Labute approximate surface area is 127 Å². The van der Waals surface area contributed by atoms with Crippen molar-refractivity contribution in [2.45, 2.75) is 0 Å². The van der Waals surface area contributed by atoms with Crippen LogP contribution in [-0.2, 0) is 9.63 Å². The van der Waals surface area contributed by atoms with Crippen LogP contribution in [0.1, 0.15) is 0 Å². The van der Waals surface area contributed by atoms with Crippen LogP contribution in [0.4, 0.5) is 5.69 Å². The van der Waals surface area contributed by atoms with Crippen molar-refractivity contribution in [2.75, 3.05) is 46.3 Å². The van der Waals surface area contributed by atoms with Gasteiger partial charge in [0.15, 0.2) is 0 Å². The molecule has 9 nitrogen and oxygen atoms in total. The summed E-state index contributed by atoms with van der Waals surface area (Å²) in [7, 11) is 5.05. The normalized spacial score (nSPS) is 10.2. The molecule has 0 aliphatic rings. The number of rotatable bonds is 9. The van der Waals surface area contributed by atoms with E-state index in [1.54, 1.807) is 37.2 Å². The number of anilines is 1. The summed E-state index contributed by atoms with van der Waals surface area (Å²) in [6.07, 6.45) is 0. The van der Waals surface area contributed by atoms with Gasteiger partial charge in [-0.3, -0.25) is 4.79 Å². The molecule has 0 saturated carbocycles. The molecular formula is C13H19N3O6. The smallest absolute Gasteiger partial charge is 0.294 e. The molecule has 0 atom stereocenters. The van der Waals surface area contributed by atoms with Gasteiger partial charge >= 0.3 is 0 Å². The van der Waals surface area contributed by atoms with Crippen LogP contribution in [0.5, 0.6) is 11.5 Å². The van der Waals surface area contributed by atoms with Crippen molar-refractivity contribution >= 4 is 11.6 Å². The summed E-state index contributed by atoms with van der Waals surface area (Å²) in [5, 5.41) is 11.8. The fourth-order valence-electron chi connectivity index (χ4n) is 1.61. The van der Waals surface area contributed by atoms with Crippen molar-refractivity contribution in [3.05, 3.63) is 28.3 Å². The zero-order valence-corrected chi connectivity index (χ0v) is 12.7. The van der Waals surface area contributed by atoms with Crippen molar-refractivity contribution in [2.24, 2.45) is 0 Å². The lowest BCUT2D eigenvalue weighted by Crippen LogP contribution is -2.27. The number of methoxy groups -OCH3 is 1. The molecule has 0 spiro atoms. The van der Waals surface area contributed by atoms with Crippen molar-refractivity contribution < 1.29 is 24.2 Å². The third-order valence-electron chi connectivity index (χ3n) is 2.46. The minimum atomic E-state index is -0.882. The summed E-state index contributed by atoms with van der Waals surface area (Å²) in [5.74, 6) is 0.713. The molecule has 1 amide bonds. The van der Waals surface area contributed by atoms with E-state index in [9.17, 15) is 14.9 Å². The van der Waals surface area contributed by atoms with E-state index in [0.717, 1.165) is 0 Å². The SMILES string of the molecule is COc1cc(OCCO[N+](=O)[O-])ccc1NC(=O)CN(C)C. The first-order valence-electron chi connectivity index (χ1n) is 6.45. The van der Waals surface area contributed by atoms with Gasteiger partial charge in [-0.1, -0.05) is 0 Å². The molecule has 0 aliphatic carbocycles. The molecule has 0 fully saturated rings. The highest BCUT2D eigenvalue weighted by molar-refractivity contribution is 5.93. The van der Waals surface area contributed by atoms with E-state index < -0.39 is 5.09 Å². The number of carbonyl (C=O) groups excluding carboxylic acids is 1. The van der Waals surface area contributed by atoms with Crippen LogP contribution in [0.2, 0.25) is 0 Å². The highest BCUT2D eigenvalue weighted by Gasteiger charge is 2.10. The highest BCUT2D eigenvalue weighted by Crippen LogP contribution is 2.29. The van der Waals surface area contributed by atoms with Crippen LogP contribution in [0.15, 0.2) is 18.2 Å². The molecule has 0 saturated heterocycles. The van der Waals surface area contributed by atoms with Gasteiger partial charge in [0.05, 0.1) is 19.3 Å². The predicted molar refractivity (Wildman–Crippen MR) is 78.6 cm³/mol. The van der Waals surface area contributed by atoms with Crippen molar-refractivity contribution in [3.8, 4) is 11.5 Å². The minimum Gasteiger partial charge on any atom is -0.494 e. The highest BCUT2D eigenvalue weighted by atomic mass is 17.0. The monoisotopic (exact) mass is 313 g/mol. The summed E-state index contributed by atoms with van der Waals surface area (Å²) >= 11 is 0. The minimum absolute atomic E-state index is 0.0243. The second-order valence-electron chi connectivity index (χ2n) is 4.55. The number of ether oxygens (including phenoxy) is 2. The molecule has 9 heteroatoms. The summed E-state index contributed by atoms with van der Waals surface area (Å²) in [6, 6.07) is 4.84. The third-order valence-corrected chi connectivity index (χ3v) is 2.46. The number of hydrogen-bond acceptors (Lipinski definition) is 7. The maximum atomic E-state index is 11.7. The first-order valence-corrected chi connectivity index (χ1v) is 6.45. The molecule has 1 aromatic rings. The molecule has 1 rings (SSSR count). The Morgan fingerprint density at radius 1 is 1.36 bits per heavy atom. The Bertz CT molecular complexity index is 520. The number of likely N-dealkylation sites (N-methyl/N-ethyl adjacent to an activating group) is 1. The Morgan fingerprint density at radius 2 is 2.09 bits per heavy atom. The lowest BCUT2D eigenvalue weighted by Gasteiger charge is -2.14. The Kier molecular flexibility index (Phi) is 6.90. The van der Waals surface area contributed by atoms with Gasteiger partial charge in [0.1, 0.15) is 24.7 Å². The molecule has 0 radical (unpaired) electrons. The van der Waals surface area contributed by atoms with Crippen LogP contribution < -0.4 is 14.8 Å². The molecule has 0 unspecified atom stereocenters. The summed E-state index contributed by atoms with van der Waals surface area (Å²) < 4.78 is 10.5. The van der Waals surface area contributed by atoms with Crippen LogP contribution in [0, 0.1) is 10.1 Å². The van der Waals surface area contributed by atoms with Gasteiger partial charge in [0.2, 0.25) is 5.91 Å². The molecule has 0 bridgehead atoms. The number of amides is 1. The second-order valence-corrected chi connectivity index (χ2v) is 4.55. The van der Waals surface area contributed by atoms with Crippen LogP contribution in [0.25, 0.3) is 0 Å². The Hall–Kier alpha value is -2.55. The largest absolute Gasteiger partial charge is 0.494 e. The van der Waals surface area contributed by atoms with Gasteiger partial charge in [0, 0.05) is 6.07 Å². The van der Waals surface area contributed by atoms with E-state index in [0.29, 0.717) is 17.2 Å². The number of nitrogens with zero attached hydrogens (tertiary/aromatic N) is 2. The van der Waals surface area contributed by atoms with Gasteiger partial charge in [0.25, 0.3) is 5.09 Å². The zero-order valence-electron chi connectivity index (χ0n) is 12.7. The molecule has 122 valence electrons. The maximum Gasteiger partial charge on any atom is 0.294 e. The Morgan fingerprint density at radius 3 is 2.68 bits per heavy atom. The maximum absolute atomic E-state index is 11.7. The van der Waals surface area contributed by atoms with E-state index in [1.165, 1.54) is 7.11 Å². The molecule has 0 aromatic heterocycles. The third kappa shape index (κ3) is 6.27. The summed E-state index contributed by atoms with van der Waals surface area (Å²) in [4.78, 5) is 27.6. The van der Waals surface area contributed by atoms with Gasteiger partial charge in [-0.25, -0.2) is 0 Å². The van der Waals surface area contributed by atoms with Gasteiger partial charge in [-0.2, -0.15) is 0 Å². The van der Waals surface area contributed by atoms with E-state index in [1.807, 2.05) is 0 Å².